The quantitative estimate of drug-likeness (QED) is 0.805. The summed E-state index contributed by atoms with van der Waals surface area (Å²) in [5.74, 6) is 0.193. The van der Waals surface area contributed by atoms with Crippen LogP contribution in [-0.4, -0.2) is 20.8 Å². The first-order chi connectivity index (χ1) is 10.1. The number of nitrogens with zero attached hydrogens (tertiary/aromatic N) is 2. The summed E-state index contributed by atoms with van der Waals surface area (Å²) in [5.41, 5.74) is 4.12. The summed E-state index contributed by atoms with van der Waals surface area (Å²) < 4.78 is 2.02. The molecule has 110 valence electrons. The number of hydrogen-bond acceptors (Lipinski definition) is 3. The number of carbonyl (C=O) groups is 1. The van der Waals surface area contributed by atoms with Crippen molar-refractivity contribution in [2.45, 2.75) is 50.3 Å². The molecule has 3 rings (SSSR count). The number of carbonyl (C=O) groups excluding carboxylic acids is 1. The summed E-state index contributed by atoms with van der Waals surface area (Å²) >= 11 is 1.92. The number of thioether (sulfide) groups is 1. The van der Waals surface area contributed by atoms with Gasteiger partial charge >= 0.3 is 0 Å². The highest BCUT2D eigenvalue weighted by Gasteiger charge is 2.24. The van der Waals surface area contributed by atoms with E-state index in [1.807, 2.05) is 37.2 Å². The summed E-state index contributed by atoms with van der Waals surface area (Å²) in [5, 5.41) is 5.09. The average molecular weight is 300 g/mol. The van der Waals surface area contributed by atoms with Crippen molar-refractivity contribution in [3.8, 4) is 0 Å². The maximum absolute atomic E-state index is 12.0. The van der Waals surface area contributed by atoms with Crippen LogP contribution in [-0.2, 0) is 13.0 Å². The Balaban J connectivity index is 1.80. The molecule has 1 atom stereocenters. The van der Waals surface area contributed by atoms with Crippen LogP contribution in [0.4, 0.5) is 0 Å². The summed E-state index contributed by atoms with van der Waals surface area (Å²) in [6, 6.07) is 8.58. The Morgan fingerprint density at radius 1 is 1.38 bits per heavy atom. The zero-order chi connectivity index (χ0) is 15.0. The van der Waals surface area contributed by atoms with Crippen molar-refractivity contribution in [2.75, 3.05) is 0 Å². The van der Waals surface area contributed by atoms with Crippen LogP contribution in [0.2, 0.25) is 0 Å². The van der Waals surface area contributed by atoms with Crippen molar-refractivity contribution >= 4 is 17.5 Å². The molecule has 0 amide bonds. The van der Waals surface area contributed by atoms with Crippen LogP contribution in [0.5, 0.6) is 0 Å². The van der Waals surface area contributed by atoms with E-state index in [9.17, 15) is 4.79 Å². The van der Waals surface area contributed by atoms with E-state index in [1.165, 1.54) is 10.5 Å². The van der Waals surface area contributed by atoms with Crippen LogP contribution >= 0.6 is 11.8 Å². The van der Waals surface area contributed by atoms with Gasteiger partial charge in [-0.2, -0.15) is 5.10 Å². The fourth-order valence-electron chi connectivity index (χ4n) is 3.00. The summed E-state index contributed by atoms with van der Waals surface area (Å²) in [4.78, 5) is 13.4. The molecule has 1 aromatic carbocycles. The van der Waals surface area contributed by atoms with E-state index in [0.717, 1.165) is 29.9 Å². The van der Waals surface area contributed by atoms with Crippen LogP contribution in [0.3, 0.4) is 0 Å². The largest absolute Gasteiger partial charge is 0.294 e. The molecule has 0 fully saturated rings. The standard InChI is InChI=1S/C17H20N2OS/c1-4-15(20)17-11(2)18-19(12(17)3)10-14-9-13-7-5-6-8-16(13)21-14/h5-8,14H,4,9-10H2,1-3H3. The fourth-order valence-corrected chi connectivity index (χ4v) is 4.30. The zero-order valence-corrected chi connectivity index (χ0v) is 13.5. The van der Waals surface area contributed by atoms with Gasteiger partial charge in [0.2, 0.25) is 0 Å². The second-order valence-electron chi connectivity index (χ2n) is 5.56. The molecular formula is C17H20N2OS. The van der Waals surface area contributed by atoms with Crippen LogP contribution in [0.1, 0.15) is 40.7 Å². The fraction of sp³-hybridized carbons (Fsp3) is 0.412. The van der Waals surface area contributed by atoms with Crippen LogP contribution in [0, 0.1) is 13.8 Å². The minimum absolute atomic E-state index is 0.193. The molecule has 2 aromatic rings. The molecule has 0 spiro atoms. The molecular weight excluding hydrogens is 280 g/mol. The second-order valence-corrected chi connectivity index (χ2v) is 6.90. The molecule has 0 N–H and O–H groups in total. The zero-order valence-electron chi connectivity index (χ0n) is 12.7. The normalized spacial score (nSPS) is 17.0. The van der Waals surface area contributed by atoms with Crippen LogP contribution < -0.4 is 0 Å². The van der Waals surface area contributed by atoms with Gasteiger partial charge in [0.05, 0.1) is 17.8 Å². The molecule has 0 aliphatic carbocycles. The van der Waals surface area contributed by atoms with Gasteiger partial charge in [0, 0.05) is 22.3 Å². The van der Waals surface area contributed by atoms with Crippen molar-refractivity contribution in [2.24, 2.45) is 0 Å². The molecule has 21 heavy (non-hydrogen) atoms. The molecule has 0 bridgehead atoms. The van der Waals surface area contributed by atoms with Crippen molar-refractivity contribution in [1.29, 1.82) is 0 Å². The third kappa shape index (κ3) is 2.64. The highest BCUT2D eigenvalue weighted by molar-refractivity contribution is 8.00. The van der Waals surface area contributed by atoms with Crippen molar-refractivity contribution in [3.05, 3.63) is 46.8 Å². The average Bonchev–Trinajstić information content (AvgIpc) is 2.99. The lowest BCUT2D eigenvalue weighted by molar-refractivity contribution is 0.0987. The molecule has 2 heterocycles. The predicted octanol–water partition coefficient (Wildman–Crippen LogP) is 3.81. The number of hydrogen-bond donors (Lipinski definition) is 0. The van der Waals surface area contributed by atoms with E-state index < -0.39 is 0 Å². The van der Waals surface area contributed by atoms with E-state index in [0.29, 0.717) is 11.7 Å². The predicted molar refractivity (Wildman–Crippen MR) is 86.1 cm³/mol. The van der Waals surface area contributed by atoms with E-state index >= 15 is 0 Å². The summed E-state index contributed by atoms with van der Waals surface area (Å²) in [6.07, 6.45) is 1.62. The second kappa shape index (κ2) is 5.68. The number of benzene rings is 1. The van der Waals surface area contributed by atoms with E-state index in [-0.39, 0.29) is 5.78 Å². The summed E-state index contributed by atoms with van der Waals surface area (Å²) in [7, 11) is 0. The first-order valence-corrected chi connectivity index (χ1v) is 8.30. The number of fused-ring (bicyclic) bond motifs is 1. The molecule has 3 nitrogen and oxygen atoms in total. The van der Waals surface area contributed by atoms with Gasteiger partial charge < -0.3 is 0 Å². The van der Waals surface area contributed by atoms with E-state index in [1.54, 1.807) is 0 Å². The van der Waals surface area contributed by atoms with Gasteiger partial charge in [-0.05, 0) is 31.9 Å². The maximum atomic E-state index is 12.0. The van der Waals surface area contributed by atoms with Crippen molar-refractivity contribution in [3.63, 3.8) is 0 Å². The summed E-state index contributed by atoms with van der Waals surface area (Å²) in [6.45, 7) is 6.71. The number of aromatic nitrogens is 2. The monoisotopic (exact) mass is 300 g/mol. The Labute approximate surface area is 129 Å². The maximum Gasteiger partial charge on any atom is 0.166 e. The Morgan fingerprint density at radius 3 is 2.86 bits per heavy atom. The third-order valence-electron chi connectivity index (χ3n) is 4.07. The lowest BCUT2D eigenvalue weighted by Gasteiger charge is -2.10. The molecule has 1 aliphatic rings. The van der Waals surface area contributed by atoms with E-state index in [4.69, 9.17) is 0 Å². The van der Waals surface area contributed by atoms with Crippen molar-refractivity contribution in [1.82, 2.24) is 9.78 Å². The van der Waals surface area contributed by atoms with Gasteiger partial charge in [0.1, 0.15) is 0 Å². The number of ketones is 1. The Hall–Kier alpha value is -1.55. The number of Topliss-reactive ketones (excluding diaryl/α,β-unsaturated/α-hetero) is 1. The number of aryl methyl sites for hydroxylation is 1. The molecule has 1 unspecified atom stereocenters. The van der Waals surface area contributed by atoms with Gasteiger partial charge in [-0.1, -0.05) is 25.1 Å². The van der Waals surface area contributed by atoms with Gasteiger partial charge in [-0.3, -0.25) is 9.48 Å². The molecule has 0 radical (unpaired) electrons. The van der Waals surface area contributed by atoms with Crippen molar-refractivity contribution < 1.29 is 4.79 Å². The Kier molecular flexibility index (Phi) is 3.89. The van der Waals surface area contributed by atoms with Crippen LogP contribution in [0.15, 0.2) is 29.2 Å². The smallest absolute Gasteiger partial charge is 0.166 e. The third-order valence-corrected chi connectivity index (χ3v) is 5.37. The SMILES string of the molecule is CCC(=O)c1c(C)nn(CC2Cc3ccccc3S2)c1C. The highest BCUT2D eigenvalue weighted by Crippen LogP contribution is 2.37. The van der Waals surface area contributed by atoms with E-state index in [2.05, 4.69) is 29.4 Å². The van der Waals surface area contributed by atoms with Gasteiger partial charge in [0.15, 0.2) is 5.78 Å². The Bertz CT molecular complexity index is 665. The van der Waals surface area contributed by atoms with Gasteiger partial charge in [-0.25, -0.2) is 0 Å². The minimum Gasteiger partial charge on any atom is -0.294 e. The lowest BCUT2D eigenvalue weighted by atomic mass is 10.1. The molecule has 0 saturated heterocycles. The van der Waals surface area contributed by atoms with Crippen LogP contribution in [0.25, 0.3) is 0 Å². The first-order valence-electron chi connectivity index (χ1n) is 7.42. The Morgan fingerprint density at radius 2 is 2.14 bits per heavy atom. The highest BCUT2D eigenvalue weighted by atomic mass is 32.2. The minimum atomic E-state index is 0.193. The number of rotatable bonds is 4. The van der Waals surface area contributed by atoms with Gasteiger partial charge in [-0.15, -0.1) is 11.8 Å². The first kappa shape index (κ1) is 14.4. The lowest BCUT2D eigenvalue weighted by Crippen LogP contribution is -2.15. The molecule has 1 aromatic heterocycles. The van der Waals surface area contributed by atoms with Gasteiger partial charge in [0.25, 0.3) is 0 Å². The molecule has 4 heteroatoms. The topological polar surface area (TPSA) is 34.9 Å². The molecule has 0 saturated carbocycles. The molecule has 1 aliphatic heterocycles.